The molecule has 0 aromatic heterocycles. The van der Waals surface area contributed by atoms with Crippen molar-refractivity contribution in [1.82, 2.24) is 10.4 Å². The number of fused-ring (bicyclic) bond motifs is 1. The summed E-state index contributed by atoms with van der Waals surface area (Å²) in [7, 11) is 0. The van der Waals surface area contributed by atoms with Gasteiger partial charge in [0.2, 0.25) is 0 Å². The summed E-state index contributed by atoms with van der Waals surface area (Å²) in [5, 5.41) is 1.91. The van der Waals surface area contributed by atoms with Crippen LogP contribution in [0.5, 0.6) is 0 Å². The smallest absolute Gasteiger partial charge is 0.286 e. The van der Waals surface area contributed by atoms with E-state index in [0.717, 1.165) is 22.3 Å². The molecule has 0 bridgehead atoms. The summed E-state index contributed by atoms with van der Waals surface area (Å²) in [5.41, 5.74) is 5.09. The van der Waals surface area contributed by atoms with Crippen molar-refractivity contribution in [3.63, 3.8) is 0 Å². The van der Waals surface area contributed by atoms with Crippen molar-refractivity contribution in [1.29, 1.82) is 0 Å². The van der Waals surface area contributed by atoms with E-state index in [1.165, 1.54) is 6.07 Å². The summed E-state index contributed by atoms with van der Waals surface area (Å²) in [5.74, 6) is -1.46. The maximum atomic E-state index is 13.6. The second kappa shape index (κ2) is 9.47. The van der Waals surface area contributed by atoms with Crippen LogP contribution in [0.1, 0.15) is 21.5 Å². The molecule has 3 aromatic carbocycles. The van der Waals surface area contributed by atoms with Gasteiger partial charge in [-0.05, 0) is 48.1 Å². The minimum Gasteiger partial charge on any atom is -0.303 e. The fourth-order valence-corrected chi connectivity index (χ4v) is 5.50. The maximum absolute atomic E-state index is 13.6. The van der Waals surface area contributed by atoms with Crippen molar-refractivity contribution in [3.8, 4) is 0 Å². The van der Waals surface area contributed by atoms with Crippen LogP contribution in [0.2, 0.25) is 10.0 Å². The van der Waals surface area contributed by atoms with Gasteiger partial charge in [-0.25, -0.2) is 0 Å². The number of rotatable bonds is 4. The highest BCUT2D eigenvalue weighted by Gasteiger charge is 2.42. The van der Waals surface area contributed by atoms with Crippen LogP contribution in [-0.2, 0) is 16.1 Å². The molecule has 6 nitrogen and oxygen atoms in total. The third-order valence-electron chi connectivity index (χ3n) is 5.51. The van der Waals surface area contributed by atoms with Gasteiger partial charge in [-0.3, -0.25) is 19.8 Å². The van der Waals surface area contributed by atoms with E-state index in [4.69, 9.17) is 35.4 Å². The summed E-state index contributed by atoms with van der Waals surface area (Å²) in [6.07, 6.45) is 0. The molecule has 1 N–H and O–H groups in total. The molecule has 0 atom stereocenters. The lowest BCUT2D eigenvalue weighted by Gasteiger charge is -2.18. The number of thioether (sulfide) groups is 1. The molecule has 174 valence electrons. The van der Waals surface area contributed by atoms with Crippen LogP contribution in [0.25, 0.3) is 5.57 Å². The van der Waals surface area contributed by atoms with Crippen molar-refractivity contribution < 1.29 is 14.4 Å². The fourth-order valence-electron chi connectivity index (χ4n) is 3.86. The lowest BCUT2D eigenvalue weighted by atomic mass is 10.1. The van der Waals surface area contributed by atoms with Gasteiger partial charge in [-0.15, -0.1) is 0 Å². The van der Waals surface area contributed by atoms with Gasteiger partial charge < -0.3 is 4.90 Å². The zero-order chi connectivity index (χ0) is 24.7. The Kier molecular flexibility index (Phi) is 6.37. The van der Waals surface area contributed by atoms with Crippen LogP contribution in [-0.4, -0.2) is 27.1 Å². The molecule has 0 radical (unpaired) electrons. The number of benzene rings is 3. The molecule has 0 unspecified atom stereocenters. The minimum atomic E-state index is -0.576. The van der Waals surface area contributed by atoms with Gasteiger partial charge >= 0.3 is 0 Å². The Hall–Kier alpha value is -3.17. The molecule has 3 amide bonds. The summed E-state index contributed by atoms with van der Waals surface area (Å²) in [4.78, 5) is 41.4. The van der Waals surface area contributed by atoms with Crippen LogP contribution >= 0.6 is 47.2 Å². The third-order valence-corrected chi connectivity index (χ3v) is 7.48. The normalized spacial score (nSPS) is 17.3. The summed E-state index contributed by atoms with van der Waals surface area (Å²) >= 11 is 18.6. The molecule has 0 spiro atoms. The average Bonchev–Trinajstić information content (AvgIpc) is 3.27. The zero-order valence-electron chi connectivity index (χ0n) is 17.8. The Bertz CT molecular complexity index is 1460. The summed E-state index contributed by atoms with van der Waals surface area (Å²) < 4.78 is 0.114. The number of nitrogens with zero attached hydrogens (tertiary/aromatic N) is 2. The van der Waals surface area contributed by atoms with Gasteiger partial charge in [-0.2, -0.15) is 5.01 Å². The second-order valence-electron chi connectivity index (χ2n) is 7.66. The molecular weight excluding hydrogens is 525 g/mol. The number of hydrazine groups is 1. The maximum Gasteiger partial charge on any atom is 0.286 e. The minimum absolute atomic E-state index is 0.114. The fraction of sp³-hybridized carbons (Fsp3) is 0.0400. The highest BCUT2D eigenvalue weighted by atomic mass is 35.5. The van der Waals surface area contributed by atoms with Crippen LogP contribution in [0.3, 0.4) is 0 Å². The number of hydrogen-bond acceptors (Lipinski definition) is 5. The van der Waals surface area contributed by atoms with Gasteiger partial charge in [0, 0.05) is 21.2 Å². The Morgan fingerprint density at radius 1 is 0.943 bits per heavy atom. The number of halogens is 2. The molecule has 5 rings (SSSR count). The van der Waals surface area contributed by atoms with Gasteiger partial charge in [-0.1, -0.05) is 77.4 Å². The van der Waals surface area contributed by atoms with Crippen molar-refractivity contribution in [2.45, 2.75) is 6.54 Å². The number of anilines is 1. The Morgan fingerprint density at radius 3 is 2.46 bits per heavy atom. The predicted octanol–water partition coefficient (Wildman–Crippen LogP) is 5.46. The lowest BCUT2D eigenvalue weighted by Crippen LogP contribution is -2.45. The number of carbonyl (C=O) groups excluding carboxylic acids is 3. The first-order valence-electron chi connectivity index (χ1n) is 10.4. The number of nitrogens with one attached hydrogen (secondary N) is 1. The molecule has 10 heteroatoms. The van der Waals surface area contributed by atoms with Crippen LogP contribution in [0.15, 0.2) is 77.7 Å². The van der Waals surface area contributed by atoms with Crippen molar-refractivity contribution in [2.75, 3.05) is 4.90 Å². The first-order valence-corrected chi connectivity index (χ1v) is 12.3. The molecule has 0 aliphatic carbocycles. The third kappa shape index (κ3) is 4.34. The first-order chi connectivity index (χ1) is 16.8. The van der Waals surface area contributed by atoms with Gasteiger partial charge in [0.25, 0.3) is 17.7 Å². The predicted molar refractivity (Wildman–Crippen MR) is 142 cm³/mol. The molecule has 2 aliphatic rings. The number of thiocarbonyl (C=S) groups is 1. The number of amides is 3. The summed E-state index contributed by atoms with van der Waals surface area (Å²) in [6.45, 7) is 0.241. The molecular formula is C25H15Cl2N3O3S2. The standard InChI is InChI=1S/C25H15Cl2N3O3S2/c26-16-8-5-7-14(12-16)22(31)28-30-24(33)21(35-25(30)34)20-17-9-2-4-11-19(17)29(23(20)32)13-15-6-1-3-10-18(15)27/h1-12H,13H2,(H,28,31)/b21-20-. The molecule has 2 heterocycles. The Balaban J connectivity index is 1.48. The molecule has 35 heavy (non-hydrogen) atoms. The van der Waals surface area contributed by atoms with E-state index in [0.29, 0.717) is 21.3 Å². The van der Waals surface area contributed by atoms with E-state index in [1.54, 1.807) is 41.3 Å². The van der Waals surface area contributed by atoms with Gasteiger partial charge in [0.1, 0.15) is 0 Å². The van der Waals surface area contributed by atoms with Crippen LogP contribution < -0.4 is 10.3 Å². The Labute approximate surface area is 220 Å². The molecule has 1 saturated heterocycles. The largest absolute Gasteiger partial charge is 0.303 e. The van der Waals surface area contributed by atoms with E-state index in [1.807, 2.05) is 30.3 Å². The lowest BCUT2D eigenvalue weighted by molar-refractivity contribution is -0.124. The van der Waals surface area contributed by atoms with Gasteiger partial charge in [0.15, 0.2) is 4.32 Å². The second-order valence-corrected chi connectivity index (χ2v) is 10.2. The van der Waals surface area contributed by atoms with E-state index >= 15 is 0 Å². The van der Waals surface area contributed by atoms with Crippen LogP contribution in [0.4, 0.5) is 5.69 Å². The van der Waals surface area contributed by atoms with Crippen molar-refractivity contribution in [3.05, 3.63) is 104 Å². The average molecular weight is 540 g/mol. The highest BCUT2D eigenvalue weighted by Crippen LogP contribution is 2.44. The molecule has 3 aromatic rings. The topological polar surface area (TPSA) is 69.7 Å². The summed E-state index contributed by atoms with van der Waals surface area (Å²) in [6, 6.07) is 20.8. The number of hydrogen-bond donors (Lipinski definition) is 1. The van der Waals surface area contributed by atoms with Crippen molar-refractivity contribution in [2.24, 2.45) is 0 Å². The molecule has 1 fully saturated rings. The Morgan fingerprint density at radius 2 is 1.69 bits per heavy atom. The zero-order valence-corrected chi connectivity index (χ0v) is 21.0. The molecule has 0 saturated carbocycles. The highest BCUT2D eigenvalue weighted by molar-refractivity contribution is 8.26. The van der Waals surface area contributed by atoms with E-state index in [9.17, 15) is 14.4 Å². The SMILES string of the molecule is O=C(NN1C(=O)/C(=C2/C(=O)N(Cc3ccccc3Cl)c3ccccc32)SC1=S)c1cccc(Cl)c1. The van der Waals surface area contributed by atoms with E-state index in [-0.39, 0.29) is 32.8 Å². The molecule has 2 aliphatic heterocycles. The van der Waals surface area contributed by atoms with Gasteiger partial charge in [0.05, 0.1) is 22.7 Å². The number of carbonyl (C=O) groups is 3. The number of para-hydroxylation sites is 1. The van der Waals surface area contributed by atoms with Crippen molar-refractivity contribution >= 4 is 80.5 Å². The van der Waals surface area contributed by atoms with E-state index in [2.05, 4.69) is 5.43 Å². The van der Waals surface area contributed by atoms with Crippen LogP contribution in [0, 0.1) is 0 Å². The van der Waals surface area contributed by atoms with E-state index < -0.39 is 11.8 Å². The first kappa shape index (κ1) is 23.6. The monoisotopic (exact) mass is 539 g/mol. The quantitative estimate of drug-likeness (QED) is 0.352.